The number of benzene rings is 1. The number of para-hydroxylation sites is 1. The Bertz CT molecular complexity index is 620. The number of esters is 1. The second kappa shape index (κ2) is 8.38. The number of hydrogen-bond acceptors (Lipinski definition) is 5. The van der Waals surface area contributed by atoms with Crippen molar-refractivity contribution in [2.75, 3.05) is 27.3 Å². The summed E-state index contributed by atoms with van der Waals surface area (Å²) in [4.78, 5) is 25.8. The van der Waals surface area contributed by atoms with Crippen molar-refractivity contribution in [3.63, 3.8) is 0 Å². The number of carbonyl (C=O) groups excluding carboxylic acids is 2. The van der Waals surface area contributed by atoms with Crippen molar-refractivity contribution < 1.29 is 23.8 Å². The molecule has 0 aromatic heterocycles. The minimum atomic E-state index is -0.785. The zero-order valence-electron chi connectivity index (χ0n) is 14.3. The van der Waals surface area contributed by atoms with E-state index >= 15 is 0 Å². The Morgan fingerprint density at radius 1 is 1.17 bits per heavy atom. The summed E-state index contributed by atoms with van der Waals surface area (Å²) in [6.07, 6.45) is 4.08. The van der Waals surface area contributed by atoms with E-state index < -0.39 is 12.1 Å². The molecule has 1 atom stereocenters. The lowest BCUT2D eigenvalue weighted by molar-refractivity contribution is -0.154. The van der Waals surface area contributed by atoms with E-state index in [4.69, 9.17) is 14.2 Å². The van der Waals surface area contributed by atoms with Crippen molar-refractivity contribution in [2.24, 2.45) is 0 Å². The van der Waals surface area contributed by atoms with Gasteiger partial charge in [0.15, 0.2) is 17.6 Å². The van der Waals surface area contributed by atoms with Crippen LogP contribution in [0.2, 0.25) is 0 Å². The fraction of sp³-hybridized carbons (Fsp3) is 0.444. The third-order valence-corrected chi connectivity index (χ3v) is 3.89. The van der Waals surface area contributed by atoms with Crippen LogP contribution in [0, 0.1) is 0 Å². The van der Waals surface area contributed by atoms with Crippen LogP contribution in [-0.4, -0.2) is 50.2 Å². The third kappa shape index (κ3) is 4.28. The minimum absolute atomic E-state index is 0.145. The Morgan fingerprint density at radius 3 is 2.50 bits per heavy atom. The van der Waals surface area contributed by atoms with Gasteiger partial charge in [-0.3, -0.25) is 4.79 Å². The van der Waals surface area contributed by atoms with E-state index in [0.29, 0.717) is 17.1 Å². The maximum atomic E-state index is 12.1. The molecule has 6 heteroatoms. The van der Waals surface area contributed by atoms with Crippen molar-refractivity contribution in [1.82, 2.24) is 4.90 Å². The molecule has 0 aliphatic carbocycles. The summed E-state index contributed by atoms with van der Waals surface area (Å²) in [5.74, 6) is 0.393. The molecule has 0 saturated carbocycles. The summed E-state index contributed by atoms with van der Waals surface area (Å²) in [5.41, 5.74) is 0.687. The fourth-order valence-corrected chi connectivity index (χ4v) is 2.66. The molecule has 24 heavy (non-hydrogen) atoms. The van der Waals surface area contributed by atoms with Crippen LogP contribution in [0.5, 0.6) is 11.5 Å². The number of methoxy groups -OCH3 is 2. The van der Waals surface area contributed by atoms with E-state index in [1.54, 1.807) is 43.2 Å². The first-order chi connectivity index (χ1) is 11.6. The molecular weight excluding hydrogens is 310 g/mol. The molecular formula is C18H23NO5. The minimum Gasteiger partial charge on any atom is -0.493 e. The van der Waals surface area contributed by atoms with E-state index in [9.17, 15) is 9.59 Å². The molecule has 2 rings (SSSR count). The molecule has 0 spiro atoms. The molecule has 1 aromatic carbocycles. The maximum Gasteiger partial charge on any atom is 0.331 e. The molecule has 1 aliphatic heterocycles. The topological polar surface area (TPSA) is 65.1 Å². The SMILES string of the molecule is COc1cccc(/C=C/C(=O)O[C@@H](C)C(=O)N2CCCC2)c1OC. The first kappa shape index (κ1) is 17.8. The standard InChI is InChI=1S/C18H23NO5/c1-13(18(21)19-11-4-5-12-19)24-16(20)10-9-14-7-6-8-15(22-2)17(14)23-3/h6-10,13H,4-5,11-12H2,1-3H3/b10-9+/t13-/m0/s1. The number of amides is 1. The van der Waals surface area contributed by atoms with Gasteiger partial charge in [-0.15, -0.1) is 0 Å². The van der Waals surface area contributed by atoms with Crippen LogP contribution in [0.3, 0.4) is 0 Å². The van der Waals surface area contributed by atoms with Crippen LogP contribution < -0.4 is 9.47 Å². The van der Waals surface area contributed by atoms with E-state index in [1.165, 1.54) is 13.2 Å². The number of ether oxygens (including phenoxy) is 3. The van der Waals surface area contributed by atoms with Gasteiger partial charge in [0, 0.05) is 24.7 Å². The molecule has 0 unspecified atom stereocenters. The Kier molecular flexibility index (Phi) is 6.23. The molecule has 1 aliphatic rings. The van der Waals surface area contributed by atoms with Crippen LogP contribution in [0.4, 0.5) is 0 Å². The quantitative estimate of drug-likeness (QED) is 0.590. The largest absolute Gasteiger partial charge is 0.493 e. The first-order valence-corrected chi connectivity index (χ1v) is 7.95. The van der Waals surface area contributed by atoms with Gasteiger partial charge >= 0.3 is 5.97 Å². The molecule has 1 amide bonds. The summed E-state index contributed by atoms with van der Waals surface area (Å²) >= 11 is 0. The number of likely N-dealkylation sites (tertiary alicyclic amines) is 1. The van der Waals surface area contributed by atoms with Crippen molar-refractivity contribution in [1.29, 1.82) is 0 Å². The summed E-state index contributed by atoms with van der Waals surface area (Å²) in [6, 6.07) is 5.36. The molecule has 1 saturated heterocycles. The van der Waals surface area contributed by atoms with Gasteiger partial charge in [0.05, 0.1) is 14.2 Å². The first-order valence-electron chi connectivity index (χ1n) is 7.95. The predicted octanol–water partition coefficient (Wildman–Crippen LogP) is 2.27. The molecule has 0 N–H and O–H groups in total. The highest BCUT2D eigenvalue weighted by Gasteiger charge is 2.25. The van der Waals surface area contributed by atoms with Gasteiger partial charge in [-0.1, -0.05) is 12.1 Å². The Hall–Kier alpha value is -2.50. The van der Waals surface area contributed by atoms with Gasteiger partial charge < -0.3 is 19.1 Å². The highest BCUT2D eigenvalue weighted by atomic mass is 16.5. The zero-order chi connectivity index (χ0) is 17.5. The van der Waals surface area contributed by atoms with E-state index in [2.05, 4.69) is 0 Å². The van der Waals surface area contributed by atoms with E-state index in [0.717, 1.165) is 25.9 Å². The fourth-order valence-electron chi connectivity index (χ4n) is 2.66. The average Bonchev–Trinajstić information content (AvgIpc) is 3.13. The second-order valence-corrected chi connectivity index (χ2v) is 5.53. The molecule has 0 radical (unpaired) electrons. The summed E-state index contributed by atoms with van der Waals surface area (Å²) in [5, 5.41) is 0. The van der Waals surface area contributed by atoms with Crippen molar-refractivity contribution in [3.05, 3.63) is 29.8 Å². The maximum absolute atomic E-state index is 12.1. The molecule has 0 bridgehead atoms. The monoisotopic (exact) mass is 333 g/mol. The summed E-state index contributed by atoms with van der Waals surface area (Å²) in [7, 11) is 3.08. The zero-order valence-corrected chi connectivity index (χ0v) is 14.3. The van der Waals surface area contributed by atoms with Gasteiger partial charge in [-0.2, -0.15) is 0 Å². The average molecular weight is 333 g/mol. The Balaban J connectivity index is 1.99. The van der Waals surface area contributed by atoms with Gasteiger partial charge in [0.1, 0.15) is 0 Å². The lowest BCUT2D eigenvalue weighted by Gasteiger charge is -2.19. The second-order valence-electron chi connectivity index (χ2n) is 5.53. The summed E-state index contributed by atoms with van der Waals surface area (Å²) in [6.45, 7) is 3.06. The Labute approximate surface area is 142 Å². The van der Waals surface area contributed by atoms with Gasteiger partial charge in [0.25, 0.3) is 5.91 Å². The third-order valence-electron chi connectivity index (χ3n) is 3.89. The highest BCUT2D eigenvalue weighted by molar-refractivity contribution is 5.91. The number of hydrogen-bond donors (Lipinski definition) is 0. The molecule has 6 nitrogen and oxygen atoms in total. The molecule has 130 valence electrons. The van der Waals surface area contributed by atoms with E-state index in [-0.39, 0.29) is 5.91 Å². The molecule has 1 aromatic rings. The van der Waals surface area contributed by atoms with Crippen molar-refractivity contribution in [2.45, 2.75) is 25.9 Å². The van der Waals surface area contributed by atoms with Crippen LogP contribution in [-0.2, 0) is 14.3 Å². The van der Waals surface area contributed by atoms with Gasteiger partial charge in [0.2, 0.25) is 0 Å². The number of rotatable bonds is 6. The van der Waals surface area contributed by atoms with Crippen LogP contribution in [0.1, 0.15) is 25.3 Å². The van der Waals surface area contributed by atoms with Crippen molar-refractivity contribution in [3.8, 4) is 11.5 Å². The molecule has 1 fully saturated rings. The predicted molar refractivity (Wildman–Crippen MR) is 89.9 cm³/mol. The Morgan fingerprint density at radius 2 is 1.88 bits per heavy atom. The smallest absolute Gasteiger partial charge is 0.331 e. The highest BCUT2D eigenvalue weighted by Crippen LogP contribution is 2.31. The van der Waals surface area contributed by atoms with E-state index in [1.807, 2.05) is 0 Å². The normalized spacial score (nSPS) is 15.4. The lowest BCUT2D eigenvalue weighted by Crippen LogP contribution is -2.37. The van der Waals surface area contributed by atoms with Crippen molar-refractivity contribution >= 4 is 18.0 Å². The molecule has 1 heterocycles. The van der Waals surface area contributed by atoms with Crippen LogP contribution in [0.25, 0.3) is 6.08 Å². The van der Waals surface area contributed by atoms with Gasteiger partial charge in [-0.25, -0.2) is 4.79 Å². The lowest BCUT2D eigenvalue weighted by atomic mass is 10.1. The summed E-state index contributed by atoms with van der Waals surface area (Å²) < 4.78 is 15.7. The van der Waals surface area contributed by atoms with Crippen LogP contribution >= 0.6 is 0 Å². The van der Waals surface area contributed by atoms with Gasteiger partial charge in [-0.05, 0) is 31.9 Å². The number of carbonyl (C=O) groups is 2. The van der Waals surface area contributed by atoms with Crippen LogP contribution in [0.15, 0.2) is 24.3 Å². The number of nitrogens with zero attached hydrogens (tertiary/aromatic N) is 1.